The van der Waals surface area contributed by atoms with Crippen LogP contribution in [0.2, 0.25) is 0 Å². The maximum atomic E-state index is 11.0. The SMILES string of the molecule is CN(C)CCc1ccccc1S(=O)(=O)O.Cl. The van der Waals surface area contributed by atoms with Crippen LogP contribution in [0.3, 0.4) is 0 Å². The minimum atomic E-state index is -4.10. The van der Waals surface area contributed by atoms with Crippen molar-refractivity contribution in [1.82, 2.24) is 4.90 Å². The van der Waals surface area contributed by atoms with Crippen LogP contribution in [0.1, 0.15) is 5.56 Å². The van der Waals surface area contributed by atoms with Crippen molar-refractivity contribution in [1.29, 1.82) is 0 Å². The summed E-state index contributed by atoms with van der Waals surface area (Å²) in [6.07, 6.45) is 0.600. The van der Waals surface area contributed by atoms with Crippen molar-refractivity contribution in [3.8, 4) is 0 Å². The summed E-state index contributed by atoms with van der Waals surface area (Å²) in [5.74, 6) is 0. The number of hydrogen-bond acceptors (Lipinski definition) is 3. The van der Waals surface area contributed by atoms with Crippen LogP contribution >= 0.6 is 12.4 Å². The van der Waals surface area contributed by atoms with E-state index in [1.807, 2.05) is 19.0 Å². The average molecular weight is 266 g/mol. The summed E-state index contributed by atoms with van der Waals surface area (Å²) < 4.78 is 31.1. The van der Waals surface area contributed by atoms with Gasteiger partial charge in [-0.25, -0.2) is 0 Å². The van der Waals surface area contributed by atoms with E-state index in [2.05, 4.69) is 0 Å². The summed E-state index contributed by atoms with van der Waals surface area (Å²) in [6.45, 7) is 0.743. The molecule has 1 N–H and O–H groups in total. The number of rotatable bonds is 4. The van der Waals surface area contributed by atoms with Gasteiger partial charge >= 0.3 is 0 Å². The summed E-state index contributed by atoms with van der Waals surface area (Å²) >= 11 is 0. The minimum absolute atomic E-state index is 0. The van der Waals surface area contributed by atoms with Crippen molar-refractivity contribution in [3.63, 3.8) is 0 Å². The largest absolute Gasteiger partial charge is 0.309 e. The lowest BCUT2D eigenvalue weighted by atomic mass is 10.1. The molecule has 1 rings (SSSR count). The van der Waals surface area contributed by atoms with Gasteiger partial charge < -0.3 is 4.90 Å². The van der Waals surface area contributed by atoms with Crippen LogP contribution in [-0.2, 0) is 16.5 Å². The third-order valence-corrected chi connectivity index (χ3v) is 3.03. The lowest BCUT2D eigenvalue weighted by Gasteiger charge is -2.11. The Hall–Kier alpha value is -0.620. The second-order valence-electron chi connectivity index (χ2n) is 3.64. The van der Waals surface area contributed by atoms with Crippen molar-refractivity contribution in [2.45, 2.75) is 11.3 Å². The molecular formula is C10H16ClNO3S. The highest BCUT2D eigenvalue weighted by atomic mass is 35.5. The van der Waals surface area contributed by atoms with Gasteiger partial charge in [-0.1, -0.05) is 18.2 Å². The Labute approximate surface area is 102 Å². The van der Waals surface area contributed by atoms with Gasteiger partial charge in [-0.3, -0.25) is 4.55 Å². The molecule has 1 aromatic carbocycles. The van der Waals surface area contributed by atoms with Gasteiger partial charge in [0.15, 0.2) is 0 Å². The summed E-state index contributed by atoms with van der Waals surface area (Å²) in [6, 6.07) is 6.49. The van der Waals surface area contributed by atoms with Gasteiger partial charge in [0.2, 0.25) is 0 Å². The Kier molecular flexibility index (Phi) is 5.96. The van der Waals surface area contributed by atoms with Crippen LogP contribution in [0.5, 0.6) is 0 Å². The number of benzene rings is 1. The van der Waals surface area contributed by atoms with Crippen LogP contribution in [0, 0.1) is 0 Å². The fourth-order valence-electron chi connectivity index (χ4n) is 1.31. The van der Waals surface area contributed by atoms with Crippen molar-refractivity contribution in [3.05, 3.63) is 29.8 Å². The predicted octanol–water partition coefficient (Wildman–Crippen LogP) is 1.46. The summed E-state index contributed by atoms with van der Waals surface area (Å²) in [5, 5.41) is 0. The van der Waals surface area contributed by atoms with Gasteiger partial charge in [0.1, 0.15) is 0 Å². The van der Waals surface area contributed by atoms with Crippen molar-refractivity contribution < 1.29 is 13.0 Å². The van der Waals surface area contributed by atoms with E-state index >= 15 is 0 Å². The first-order valence-electron chi connectivity index (χ1n) is 4.61. The normalized spacial score (nSPS) is 11.2. The van der Waals surface area contributed by atoms with Crippen LogP contribution in [0.25, 0.3) is 0 Å². The third kappa shape index (κ3) is 4.49. The summed E-state index contributed by atoms with van der Waals surface area (Å²) in [7, 11) is -0.274. The molecule has 16 heavy (non-hydrogen) atoms. The average Bonchev–Trinajstić information content (AvgIpc) is 2.13. The Morgan fingerprint density at radius 2 is 1.81 bits per heavy atom. The lowest BCUT2D eigenvalue weighted by molar-refractivity contribution is 0.411. The molecule has 1 aromatic rings. The topological polar surface area (TPSA) is 57.6 Å². The van der Waals surface area contributed by atoms with Gasteiger partial charge in [0.05, 0.1) is 4.90 Å². The van der Waals surface area contributed by atoms with Crippen molar-refractivity contribution in [2.75, 3.05) is 20.6 Å². The molecular weight excluding hydrogens is 250 g/mol. The van der Waals surface area contributed by atoms with E-state index in [4.69, 9.17) is 4.55 Å². The predicted molar refractivity (Wildman–Crippen MR) is 65.8 cm³/mol. The van der Waals surface area contributed by atoms with E-state index in [1.54, 1.807) is 18.2 Å². The highest BCUT2D eigenvalue weighted by molar-refractivity contribution is 7.85. The van der Waals surface area contributed by atoms with Gasteiger partial charge in [-0.15, -0.1) is 12.4 Å². The Morgan fingerprint density at radius 1 is 1.25 bits per heavy atom. The molecule has 0 spiro atoms. The molecule has 0 heterocycles. The molecule has 0 radical (unpaired) electrons. The van der Waals surface area contributed by atoms with E-state index in [-0.39, 0.29) is 17.3 Å². The molecule has 6 heteroatoms. The van der Waals surface area contributed by atoms with Crippen LogP contribution in [-0.4, -0.2) is 38.5 Å². The Morgan fingerprint density at radius 3 is 2.31 bits per heavy atom. The van der Waals surface area contributed by atoms with E-state index in [1.165, 1.54) is 6.07 Å². The van der Waals surface area contributed by atoms with Crippen molar-refractivity contribution in [2.24, 2.45) is 0 Å². The fourth-order valence-corrected chi connectivity index (χ4v) is 2.06. The monoisotopic (exact) mass is 265 g/mol. The second-order valence-corrected chi connectivity index (χ2v) is 5.03. The molecule has 0 bridgehead atoms. The first-order valence-corrected chi connectivity index (χ1v) is 6.05. The van der Waals surface area contributed by atoms with E-state index < -0.39 is 10.1 Å². The number of likely N-dealkylation sites (N-methyl/N-ethyl adjacent to an activating group) is 1. The molecule has 4 nitrogen and oxygen atoms in total. The zero-order valence-electron chi connectivity index (χ0n) is 9.25. The zero-order chi connectivity index (χ0) is 11.5. The molecule has 0 amide bonds. The molecule has 0 unspecified atom stereocenters. The van der Waals surface area contributed by atoms with Crippen LogP contribution in [0.15, 0.2) is 29.2 Å². The molecule has 0 aliphatic heterocycles. The number of hydrogen-bond donors (Lipinski definition) is 1. The quantitative estimate of drug-likeness (QED) is 0.838. The molecule has 0 saturated heterocycles. The lowest BCUT2D eigenvalue weighted by Crippen LogP contribution is -2.16. The van der Waals surface area contributed by atoms with Crippen LogP contribution < -0.4 is 0 Å². The molecule has 0 fully saturated rings. The van der Waals surface area contributed by atoms with Gasteiger partial charge in [0, 0.05) is 6.54 Å². The molecule has 0 saturated carbocycles. The standard InChI is InChI=1S/C10H15NO3S.ClH/c1-11(2)8-7-9-5-3-4-6-10(9)15(12,13)14;/h3-6H,7-8H2,1-2H3,(H,12,13,14);1H. The third-order valence-electron chi connectivity index (χ3n) is 2.08. The highest BCUT2D eigenvalue weighted by Gasteiger charge is 2.13. The summed E-state index contributed by atoms with van der Waals surface area (Å²) in [5.41, 5.74) is 0.647. The number of halogens is 1. The molecule has 0 atom stereocenters. The van der Waals surface area contributed by atoms with Gasteiger partial charge in [0.25, 0.3) is 10.1 Å². The Balaban J connectivity index is 0.00000225. The molecule has 0 aliphatic rings. The van der Waals surface area contributed by atoms with Crippen molar-refractivity contribution >= 4 is 22.5 Å². The number of nitrogens with zero attached hydrogens (tertiary/aromatic N) is 1. The van der Waals surface area contributed by atoms with E-state index in [0.717, 1.165) is 6.54 Å². The molecule has 92 valence electrons. The smallest absolute Gasteiger partial charge is 0.294 e. The molecule has 0 aliphatic carbocycles. The van der Waals surface area contributed by atoms with E-state index in [9.17, 15) is 8.42 Å². The van der Waals surface area contributed by atoms with E-state index in [0.29, 0.717) is 12.0 Å². The summed E-state index contributed by atoms with van der Waals surface area (Å²) in [4.78, 5) is 1.97. The first-order chi connectivity index (χ1) is 6.91. The first kappa shape index (κ1) is 15.4. The van der Waals surface area contributed by atoms with Gasteiger partial charge in [-0.2, -0.15) is 8.42 Å². The maximum absolute atomic E-state index is 11.0. The molecule has 0 aromatic heterocycles. The van der Waals surface area contributed by atoms with Gasteiger partial charge in [-0.05, 0) is 32.1 Å². The second kappa shape index (κ2) is 6.20. The fraction of sp³-hybridized carbons (Fsp3) is 0.400. The minimum Gasteiger partial charge on any atom is -0.309 e. The zero-order valence-corrected chi connectivity index (χ0v) is 10.9. The Bertz CT molecular complexity index is 431. The van der Waals surface area contributed by atoms with Crippen LogP contribution in [0.4, 0.5) is 0 Å². The highest BCUT2D eigenvalue weighted by Crippen LogP contribution is 2.15. The maximum Gasteiger partial charge on any atom is 0.294 e.